The molecule has 176 valence electrons. The van der Waals surface area contributed by atoms with Crippen LogP contribution in [0.5, 0.6) is 0 Å². The summed E-state index contributed by atoms with van der Waals surface area (Å²) in [5.74, 6) is 0.684. The first-order valence-corrected chi connectivity index (χ1v) is 13.4. The summed E-state index contributed by atoms with van der Waals surface area (Å²) >= 11 is 1.83. The van der Waals surface area contributed by atoms with Gasteiger partial charge in [0.05, 0.1) is 16.6 Å². The van der Waals surface area contributed by atoms with Gasteiger partial charge in [-0.15, -0.1) is 11.3 Å². The molecule has 0 unspecified atom stereocenters. The predicted octanol–water partition coefficient (Wildman–Crippen LogP) is 8.80. The second-order valence-corrected chi connectivity index (χ2v) is 10.7. The van der Waals surface area contributed by atoms with Crippen LogP contribution in [0.2, 0.25) is 0 Å². The van der Waals surface area contributed by atoms with Crippen molar-refractivity contribution in [3.8, 4) is 5.95 Å². The van der Waals surface area contributed by atoms with Gasteiger partial charge in [0, 0.05) is 60.3 Å². The maximum absolute atomic E-state index is 5.16. The van der Waals surface area contributed by atoms with Gasteiger partial charge >= 0.3 is 0 Å². The van der Waals surface area contributed by atoms with Gasteiger partial charge in [-0.3, -0.25) is 9.55 Å². The van der Waals surface area contributed by atoms with Gasteiger partial charge in [0.15, 0.2) is 0 Å². The van der Waals surface area contributed by atoms with E-state index in [0.717, 1.165) is 21.9 Å². The monoisotopic (exact) mass is 502 g/mol. The van der Waals surface area contributed by atoms with Gasteiger partial charge in [-0.1, -0.05) is 66.7 Å². The first kappa shape index (κ1) is 20.2. The molecule has 4 aromatic heterocycles. The van der Waals surface area contributed by atoms with Gasteiger partial charge in [0.25, 0.3) is 0 Å². The fourth-order valence-corrected chi connectivity index (χ4v) is 7.33. The standard InChI is InChI=1S/C33H18N4S/c1-2-8-20-19(7-1)13-14-26-24(20)18-35-33(36-26)37-27-11-5-3-9-22(27)29-21-15-16-34-17-25(21)32-30(31(29)37)23-10-4-6-12-28(23)38-32/h1-18H. The number of hydrogen-bond acceptors (Lipinski definition) is 4. The molecule has 9 aromatic rings. The molecule has 38 heavy (non-hydrogen) atoms. The molecule has 0 spiro atoms. The molecule has 5 aromatic carbocycles. The highest BCUT2D eigenvalue weighted by Gasteiger charge is 2.22. The van der Waals surface area contributed by atoms with Crippen molar-refractivity contribution in [3.05, 3.63) is 110 Å². The Hall–Kier alpha value is -4.87. The summed E-state index contributed by atoms with van der Waals surface area (Å²) in [7, 11) is 0. The summed E-state index contributed by atoms with van der Waals surface area (Å²) in [5, 5.41) is 10.7. The van der Waals surface area contributed by atoms with E-state index in [9.17, 15) is 0 Å². The van der Waals surface area contributed by atoms with Crippen molar-refractivity contribution >= 4 is 85.8 Å². The van der Waals surface area contributed by atoms with Gasteiger partial charge in [0.2, 0.25) is 5.95 Å². The minimum atomic E-state index is 0.684. The average Bonchev–Trinajstić information content (AvgIpc) is 3.53. The summed E-state index contributed by atoms with van der Waals surface area (Å²) in [6.45, 7) is 0. The number of benzene rings is 5. The van der Waals surface area contributed by atoms with E-state index in [1.54, 1.807) is 0 Å². The molecule has 0 amide bonds. The Bertz CT molecular complexity index is 2420. The average molecular weight is 503 g/mol. The topological polar surface area (TPSA) is 43.6 Å². The molecule has 0 bridgehead atoms. The van der Waals surface area contributed by atoms with Crippen molar-refractivity contribution in [2.24, 2.45) is 0 Å². The van der Waals surface area contributed by atoms with E-state index < -0.39 is 0 Å². The quantitative estimate of drug-likeness (QED) is 0.211. The molecule has 9 rings (SSSR count). The lowest BCUT2D eigenvalue weighted by Gasteiger charge is -2.10. The summed E-state index contributed by atoms with van der Waals surface area (Å²) in [5.41, 5.74) is 3.19. The number of aromatic nitrogens is 4. The van der Waals surface area contributed by atoms with E-state index in [0.29, 0.717) is 5.95 Å². The number of thiophene rings is 1. The van der Waals surface area contributed by atoms with Gasteiger partial charge < -0.3 is 0 Å². The fraction of sp³-hybridized carbons (Fsp3) is 0. The normalized spacial score (nSPS) is 12.2. The largest absolute Gasteiger partial charge is 0.277 e. The predicted molar refractivity (Wildman–Crippen MR) is 160 cm³/mol. The lowest BCUT2D eigenvalue weighted by molar-refractivity contribution is 1.01. The molecule has 4 heterocycles. The molecule has 0 aliphatic heterocycles. The van der Waals surface area contributed by atoms with E-state index >= 15 is 0 Å². The van der Waals surface area contributed by atoms with Gasteiger partial charge in [-0.05, 0) is 40.4 Å². The number of para-hydroxylation sites is 1. The molecule has 0 saturated heterocycles. The van der Waals surface area contributed by atoms with Crippen molar-refractivity contribution in [2.75, 3.05) is 0 Å². The highest BCUT2D eigenvalue weighted by molar-refractivity contribution is 7.27. The van der Waals surface area contributed by atoms with Gasteiger partial charge in [-0.2, -0.15) is 0 Å². The summed E-state index contributed by atoms with van der Waals surface area (Å²) in [4.78, 5) is 14.7. The van der Waals surface area contributed by atoms with Crippen LogP contribution in [0.15, 0.2) is 110 Å². The van der Waals surface area contributed by atoms with Crippen molar-refractivity contribution in [1.29, 1.82) is 0 Å². The van der Waals surface area contributed by atoms with Crippen LogP contribution in [0, 0.1) is 0 Å². The maximum Gasteiger partial charge on any atom is 0.235 e. The van der Waals surface area contributed by atoms with Crippen LogP contribution in [0.3, 0.4) is 0 Å². The molecule has 0 aliphatic carbocycles. The molecule has 0 radical (unpaired) electrons. The molecule has 0 aliphatic rings. The highest BCUT2D eigenvalue weighted by Crippen LogP contribution is 2.47. The van der Waals surface area contributed by atoms with Crippen LogP contribution in [-0.2, 0) is 0 Å². The Labute approximate surface area is 220 Å². The Balaban J connectivity index is 1.53. The minimum Gasteiger partial charge on any atom is -0.277 e. The third-order valence-electron chi connectivity index (χ3n) is 7.72. The number of pyridine rings is 1. The van der Waals surface area contributed by atoms with Crippen molar-refractivity contribution in [1.82, 2.24) is 19.5 Å². The van der Waals surface area contributed by atoms with Crippen LogP contribution < -0.4 is 0 Å². The Morgan fingerprint density at radius 2 is 1.42 bits per heavy atom. The molecule has 0 N–H and O–H groups in total. The van der Waals surface area contributed by atoms with Crippen LogP contribution in [0.25, 0.3) is 80.4 Å². The zero-order valence-corrected chi connectivity index (χ0v) is 20.9. The summed E-state index contributed by atoms with van der Waals surface area (Å²) in [6.07, 6.45) is 5.88. The number of hydrogen-bond donors (Lipinski definition) is 0. The summed E-state index contributed by atoms with van der Waals surface area (Å²) in [6, 6.07) is 32.1. The van der Waals surface area contributed by atoms with Crippen molar-refractivity contribution in [2.45, 2.75) is 0 Å². The molecular formula is C33H18N4S. The molecule has 0 fully saturated rings. The second-order valence-electron chi connectivity index (χ2n) is 9.69. The van der Waals surface area contributed by atoms with Crippen molar-refractivity contribution < 1.29 is 0 Å². The van der Waals surface area contributed by atoms with E-state index in [1.807, 2.05) is 29.9 Å². The van der Waals surface area contributed by atoms with Crippen LogP contribution >= 0.6 is 11.3 Å². The van der Waals surface area contributed by atoms with Crippen LogP contribution in [0.4, 0.5) is 0 Å². The molecule has 5 heteroatoms. The van der Waals surface area contributed by atoms with E-state index in [2.05, 4.69) is 101 Å². The zero-order chi connectivity index (χ0) is 24.8. The van der Waals surface area contributed by atoms with Crippen LogP contribution in [-0.4, -0.2) is 19.5 Å². The Morgan fingerprint density at radius 1 is 0.605 bits per heavy atom. The number of fused-ring (bicyclic) bond motifs is 13. The smallest absolute Gasteiger partial charge is 0.235 e. The Kier molecular flexibility index (Phi) is 3.91. The highest BCUT2D eigenvalue weighted by atomic mass is 32.1. The van der Waals surface area contributed by atoms with Crippen LogP contribution in [0.1, 0.15) is 0 Å². The molecule has 0 atom stereocenters. The lowest BCUT2D eigenvalue weighted by Crippen LogP contribution is -2.01. The van der Waals surface area contributed by atoms with E-state index in [1.165, 1.54) is 52.5 Å². The number of nitrogens with zero attached hydrogens (tertiary/aromatic N) is 4. The fourth-order valence-electron chi connectivity index (χ4n) is 6.10. The SMILES string of the molecule is c1ccc2c(c1)ccc1nc(-n3c4ccccc4c4c5ccncc5c5sc6ccccc6c5c43)ncc12. The first-order chi connectivity index (χ1) is 18.9. The Morgan fingerprint density at radius 3 is 2.37 bits per heavy atom. The van der Waals surface area contributed by atoms with Gasteiger partial charge in [0.1, 0.15) is 0 Å². The maximum atomic E-state index is 5.16. The molecule has 4 nitrogen and oxygen atoms in total. The van der Waals surface area contributed by atoms with Crippen molar-refractivity contribution in [3.63, 3.8) is 0 Å². The summed E-state index contributed by atoms with van der Waals surface area (Å²) < 4.78 is 4.78. The lowest BCUT2D eigenvalue weighted by atomic mass is 10.0. The molecule has 0 saturated carbocycles. The number of rotatable bonds is 1. The van der Waals surface area contributed by atoms with E-state index in [-0.39, 0.29) is 0 Å². The minimum absolute atomic E-state index is 0.684. The second kappa shape index (κ2) is 7.34. The first-order valence-electron chi connectivity index (χ1n) is 12.6. The third-order valence-corrected chi connectivity index (χ3v) is 8.92. The zero-order valence-electron chi connectivity index (χ0n) is 20.1. The van der Waals surface area contributed by atoms with E-state index in [4.69, 9.17) is 9.97 Å². The molecular weight excluding hydrogens is 484 g/mol. The van der Waals surface area contributed by atoms with Gasteiger partial charge in [-0.25, -0.2) is 9.97 Å². The third kappa shape index (κ3) is 2.56.